The molecule has 1 fully saturated rings. The highest BCUT2D eigenvalue weighted by atomic mass is 35.5. The van der Waals surface area contributed by atoms with Crippen LogP contribution < -0.4 is 5.56 Å². The van der Waals surface area contributed by atoms with E-state index in [2.05, 4.69) is 15.0 Å². The number of benzene rings is 2. The zero-order chi connectivity index (χ0) is 22.5. The molecule has 2 aromatic heterocycles. The molecule has 0 spiro atoms. The van der Waals surface area contributed by atoms with Gasteiger partial charge in [-0.25, -0.2) is 9.97 Å². The summed E-state index contributed by atoms with van der Waals surface area (Å²) in [5.74, 6) is 0.886. The van der Waals surface area contributed by atoms with Crippen molar-refractivity contribution in [3.8, 4) is 11.4 Å². The van der Waals surface area contributed by atoms with Gasteiger partial charge in [0.25, 0.3) is 5.56 Å². The number of nitrogens with one attached hydrogen (secondary N) is 1. The predicted molar refractivity (Wildman–Crippen MR) is 118 cm³/mol. The number of rotatable bonds is 5. The number of alkyl halides is 3. The zero-order valence-corrected chi connectivity index (χ0v) is 18.1. The molecule has 10 heteroatoms. The van der Waals surface area contributed by atoms with Crippen LogP contribution in [-0.2, 0) is 11.9 Å². The van der Waals surface area contributed by atoms with Crippen molar-refractivity contribution in [2.45, 2.75) is 36.0 Å². The molecule has 1 N–H and O–H groups in total. The minimum Gasteiger partial charge on any atom is -0.305 e. The fraction of sp³-hybridized carbons (Fsp3) is 0.227. The number of aromatic nitrogens is 4. The molecule has 5 rings (SSSR count). The van der Waals surface area contributed by atoms with E-state index in [4.69, 9.17) is 11.6 Å². The second-order valence-electron chi connectivity index (χ2n) is 7.57. The average Bonchev–Trinajstić information content (AvgIpc) is 3.52. The molecule has 0 saturated heterocycles. The molecule has 1 saturated carbocycles. The van der Waals surface area contributed by atoms with Crippen molar-refractivity contribution in [1.29, 1.82) is 0 Å². The molecular formula is C22H16ClF3N4OS. The van der Waals surface area contributed by atoms with Crippen molar-refractivity contribution >= 4 is 34.5 Å². The van der Waals surface area contributed by atoms with Gasteiger partial charge in [0.1, 0.15) is 5.82 Å². The second kappa shape index (κ2) is 7.97. The SMILES string of the molecule is O=c1[nH]c(SCc2cccc(C(F)(F)F)c2)nc2c1nc(-c1ccc(Cl)cc1)n2C1CC1. The molecule has 0 amide bonds. The minimum atomic E-state index is -4.40. The summed E-state index contributed by atoms with van der Waals surface area (Å²) in [4.78, 5) is 24.6. The molecule has 32 heavy (non-hydrogen) atoms. The number of fused-ring (bicyclic) bond motifs is 1. The number of aromatic amines is 1. The van der Waals surface area contributed by atoms with Gasteiger partial charge in [-0.2, -0.15) is 13.2 Å². The van der Waals surface area contributed by atoms with Gasteiger partial charge < -0.3 is 4.57 Å². The smallest absolute Gasteiger partial charge is 0.305 e. The van der Waals surface area contributed by atoms with Crippen molar-refractivity contribution in [2.24, 2.45) is 0 Å². The molecule has 4 aromatic rings. The number of hydrogen-bond donors (Lipinski definition) is 1. The van der Waals surface area contributed by atoms with Crippen LogP contribution in [0, 0.1) is 0 Å². The first-order valence-electron chi connectivity index (χ1n) is 9.87. The van der Waals surface area contributed by atoms with Crippen molar-refractivity contribution in [3.05, 3.63) is 75.0 Å². The Hall–Kier alpha value is -2.78. The fourth-order valence-corrected chi connectivity index (χ4v) is 4.43. The van der Waals surface area contributed by atoms with E-state index in [9.17, 15) is 18.0 Å². The quantitative estimate of drug-likeness (QED) is 0.280. The lowest BCUT2D eigenvalue weighted by atomic mass is 10.1. The Labute approximate surface area is 189 Å². The highest BCUT2D eigenvalue weighted by Crippen LogP contribution is 2.40. The number of halogens is 4. The minimum absolute atomic E-state index is 0.210. The van der Waals surface area contributed by atoms with Crippen LogP contribution in [0.5, 0.6) is 0 Å². The van der Waals surface area contributed by atoms with Crippen LogP contribution in [0.3, 0.4) is 0 Å². The summed E-state index contributed by atoms with van der Waals surface area (Å²) in [6, 6.07) is 12.6. The van der Waals surface area contributed by atoms with Gasteiger partial charge in [0.2, 0.25) is 0 Å². The summed E-state index contributed by atoms with van der Waals surface area (Å²) >= 11 is 7.18. The Morgan fingerprint density at radius 2 is 1.88 bits per heavy atom. The van der Waals surface area contributed by atoms with E-state index in [1.807, 2.05) is 16.7 Å². The third kappa shape index (κ3) is 4.14. The maximum Gasteiger partial charge on any atom is 0.416 e. The van der Waals surface area contributed by atoms with Gasteiger partial charge in [0.05, 0.1) is 5.56 Å². The summed E-state index contributed by atoms with van der Waals surface area (Å²) in [6.45, 7) is 0. The molecule has 0 aliphatic heterocycles. The Balaban J connectivity index is 1.50. The molecule has 164 valence electrons. The molecule has 0 atom stereocenters. The molecular weight excluding hydrogens is 461 g/mol. The van der Waals surface area contributed by atoms with Crippen LogP contribution in [0.2, 0.25) is 5.02 Å². The van der Waals surface area contributed by atoms with Gasteiger partial charge >= 0.3 is 6.18 Å². The lowest BCUT2D eigenvalue weighted by molar-refractivity contribution is -0.137. The Morgan fingerprint density at radius 1 is 1.12 bits per heavy atom. The van der Waals surface area contributed by atoms with Crippen molar-refractivity contribution < 1.29 is 13.2 Å². The maximum atomic E-state index is 13.0. The van der Waals surface area contributed by atoms with Crippen molar-refractivity contribution in [3.63, 3.8) is 0 Å². The number of thioether (sulfide) groups is 1. The van der Waals surface area contributed by atoms with Crippen molar-refractivity contribution in [2.75, 3.05) is 0 Å². The molecule has 1 aliphatic carbocycles. The Bertz CT molecular complexity index is 1360. The van der Waals surface area contributed by atoms with Gasteiger partial charge in [0.15, 0.2) is 16.3 Å². The summed E-state index contributed by atoms with van der Waals surface area (Å²) in [7, 11) is 0. The maximum absolute atomic E-state index is 13.0. The second-order valence-corrected chi connectivity index (χ2v) is 8.97. The Morgan fingerprint density at radius 3 is 2.56 bits per heavy atom. The van der Waals surface area contributed by atoms with Gasteiger partial charge in [0, 0.05) is 22.4 Å². The largest absolute Gasteiger partial charge is 0.416 e. The van der Waals surface area contributed by atoms with E-state index in [1.54, 1.807) is 18.2 Å². The van der Waals surface area contributed by atoms with E-state index >= 15 is 0 Å². The standard InChI is InChI=1S/C22H16ClF3N4OS/c23-15-6-4-13(5-7-15)18-27-17-19(30(18)16-8-9-16)28-21(29-20(17)31)32-11-12-2-1-3-14(10-12)22(24,25)26/h1-7,10,16H,8-9,11H2,(H,28,29,31). The normalized spacial score (nSPS) is 14.2. The lowest BCUT2D eigenvalue weighted by Gasteiger charge is -2.09. The summed E-state index contributed by atoms with van der Waals surface area (Å²) in [5.41, 5.74) is 0.961. The van der Waals surface area contributed by atoms with Crippen LogP contribution in [0.4, 0.5) is 13.2 Å². The van der Waals surface area contributed by atoms with Crippen LogP contribution >= 0.6 is 23.4 Å². The number of hydrogen-bond acceptors (Lipinski definition) is 4. The lowest BCUT2D eigenvalue weighted by Crippen LogP contribution is -2.10. The van der Waals surface area contributed by atoms with Gasteiger partial charge in [-0.15, -0.1) is 0 Å². The highest BCUT2D eigenvalue weighted by Gasteiger charge is 2.31. The molecule has 2 aromatic carbocycles. The first-order chi connectivity index (χ1) is 15.3. The molecule has 0 bridgehead atoms. The van der Waals surface area contributed by atoms with E-state index in [1.165, 1.54) is 17.8 Å². The van der Waals surface area contributed by atoms with Gasteiger partial charge in [-0.05, 0) is 48.7 Å². The van der Waals surface area contributed by atoms with E-state index in [-0.39, 0.29) is 22.9 Å². The van der Waals surface area contributed by atoms with E-state index in [0.29, 0.717) is 27.2 Å². The molecule has 5 nitrogen and oxygen atoms in total. The highest BCUT2D eigenvalue weighted by molar-refractivity contribution is 7.98. The number of H-pyrrole nitrogens is 1. The topological polar surface area (TPSA) is 63.6 Å². The molecule has 0 radical (unpaired) electrons. The van der Waals surface area contributed by atoms with Crippen LogP contribution in [0.25, 0.3) is 22.6 Å². The molecule has 2 heterocycles. The number of imidazole rings is 1. The van der Waals surface area contributed by atoms with Crippen LogP contribution in [0.1, 0.15) is 30.0 Å². The van der Waals surface area contributed by atoms with Gasteiger partial charge in [-0.3, -0.25) is 9.78 Å². The number of nitrogens with zero attached hydrogens (tertiary/aromatic N) is 3. The summed E-state index contributed by atoms with van der Waals surface area (Å²) in [5, 5.41) is 0.941. The van der Waals surface area contributed by atoms with Crippen molar-refractivity contribution in [1.82, 2.24) is 19.5 Å². The van der Waals surface area contributed by atoms with Crippen LogP contribution in [-0.4, -0.2) is 19.5 Å². The first-order valence-corrected chi connectivity index (χ1v) is 11.2. The Kier molecular flexibility index (Phi) is 5.25. The van der Waals surface area contributed by atoms with Gasteiger partial charge in [-0.1, -0.05) is 41.6 Å². The predicted octanol–water partition coefficient (Wildman–Crippen LogP) is 6.09. The summed E-state index contributed by atoms with van der Waals surface area (Å²) in [6.07, 6.45) is -2.47. The summed E-state index contributed by atoms with van der Waals surface area (Å²) < 4.78 is 40.9. The van der Waals surface area contributed by atoms with E-state index < -0.39 is 11.7 Å². The fourth-order valence-electron chi connectivity index (χ4n) is 3.50. The molecule has 0 unspecified atom stereocenters. The first kappa shape index (κ1) is 21.1. The van der Waals surface area contributed by atoms with E-state index in [0.717, 1.165) is 30.5 Å². The van der Waals surface area contributed by atoms with Crippen LogP contribution in [0.15, 0.2) is 58.5 Å². The average molecular weight is 477 g/mol. The monoisotopic (exact) mass is 476 g/mol. The third-order valence-electron chi connectivity index (χ3n) is 5.17. The zero-order valence-electron chi connectivity index (χ0n) is 16.5. The third-order valence-corrected chi connectivity index (χ3v) is 6.37. The molecule has 1 aliphatic rings.